The fourth-order valence-corrected chi connectivity index (χ4v) is 2.28. The smallest absolute Gasteiger partial charge is 0.222 e. The Hall–Kier alpha value is -1.84. The summed E-state index contributed by atoms with van der Waals surface area (Å²) in [6.07, 6.45) is 2.71. The Balaban J connectivity index is 1.80. The highest BCUT2D eigenvalue weighted by Gasteiger charge is 2.19. The number of aryl methyl sites for hydroxylation is 2. The maximum atomic E-state index is 12.1. The molecular formula is C15H20N2O2. The number of benzene rings is 1. The van der Waals surface area contributed by atoms with Crippen molar-refractivity contribution in [2.24, 2.45) is 5.16 Å². The molecule has 1 aliphatic rings. The van der Waals surface area contributed by atoms with Crippen LogP contribution in [-0.2, 0) is 11.2 Å². The molecule has 4 heteroatoms. The molecule has 1 heterocycles. The normalized spacial score (nSPS) is 15.4. The number of hydrogen-bond donors (Lipinski definition) is 1. The number of nitrogens with zero attached hydrogens (tertiary/aromatic N) is 2. The largest absolute Gasteiger partial charge is 0.411 e. The van der Waals surface area contributed by atoms with Gasteiger partial charge in [-0.05, 0) is 18.9 Å². The molecule has 2 rings (SSSR count). The highest BCUT2D eigenvalue weighted by molar-refractivity contribution is 5.87. The minimum atomic E-state index is 0.192. The number of oxime groups is 1. The molecule has 1 aromatic carbocycles. The summed E-state index contributed by atoms with van der Waals surface area (Å²) in [7, 11) is 0. The van der Waals surface area contributed by atoms with Gasteiger partial charge in [0, 0.05) is 32.4 Å². The second-order valence-electron chi connectivity index (χ2n) is 5.03. The van der Waals surface area contributed by atoms with Crippen LogP contribution in [0.5, 0.6) is 0 Å². The van der Waals surface area contributed by atoms with Gasteiger partial charge in [0.1, 0.15) is 0 Å². The van der Waals surface area contributed by atoms with Gasteiger partial charge in [-0.3, -0.25) is 4.79 Å². The fourth-order valence-electron chi connectivity index (χ4n) is 2.28. The Morgan fingerprint density at radius 2 is 1.89 bits per heavy atom. The molecule has 1 saturated heterocycles. The summed E-state index contributed by atoms with van der Waals surface area (Å²) in [5.74, 6) is 0.192. The maximum absolute atomic E-state index is 12.1. The molecule has 1 aromatic rings. The van der Waals surface area contributed by atoms with E-state index < -0.39 is 0 Å². The van der Waals surface area contributed by atoms with Gasteiger partial charge in [-0.1, -0.05) is 35.0 Å². The molecule has 4 nitrogen and oxygen atoms in total. The number of likely N-dealkylation sites (tertiary alicyclic amines) is 1. The molecule has 0 atom stereocenters. The molecule has 1 aliphatic heterocycles. The SMILES string of the molecule is Cc1ccc(CCC(=O)N2CCC(=NO)CC2)cc1. The third-order valence-electron chi connectivity index (χ3n) is 3.58. The van der Waals surface area contributed by atoms with E-state index in [0.717, 1.165) is 12.1 Å². The summed E-state index contributed by atoms with van der Waals surface area (Å²) < 4.78 is 0. The van der Waals surface area contributed by atoms with E-state index in [1.807, 2.05) is 4.90 Å². The van der Waals surface area contributed by atoms with E-state index in [0.29, 0.717) is 32.4 Å². The second-order valence-corrected chi connectivity index (χ2v) is 5.03. The van der Waals surface area contributed by atoms with Crippen LogP contribution < -0.4 is 0 Å². The maximum Gasteiger partial charge on any atom is 0.222 e. The van der Waals surface area contributed by atoms with Crippen LogP contribution >= 0.6 is 0 Å². The van der Waals surface area contributed by atoms with E-state index in [2.05, 4.69) is 36.3 Å². The Morgan fingerprint density at radius 3 is 2.47 bits per heavy atom. The lowest BCUT2D eigenvalue weighted by Gasteiger charge is -2.27. The van der Waals surface area contributed by atoms with Gasteiger partial charge < -0.3 is 10.1 Å². The van der Waals surface area contributed by atoms with E-state index in [1.54, 1.807) is 0 Å². The summed E-state index contributed by atoms with van der Waals surface area (Å²) in [4.78, 5) is 13.9. The molecule has 0 spiro atoms. The van der Waals surface area contributed by atoms with Gasteiger partial charge in [-0.25, -0.2) is 0 Å². The van der Waals surface area contributed by atoms with Gasteiger partial charge in [-0.2, -0.15) is 0 Å². The molecule has 102 valence electrons. The lowest BCUT2D eigenvalue weighted by atomic mass is 10.1. The fraction of sp³-hybridized carbons (Fsp3) is 0.467. The summed E-state index contributed by atoms with van der Waals surface area (Å²) in [5, 5.41) is 11.9. The van der Waals surface area contributed by atoms with Crippen molar-refractivity contribution in [3.8, 4) is 0 Å². The van der Waals surface area contributed by atoms with Crippen LogP contribution in [0.25, 0.3) is 0 Å². The van der Waals surface area contributed by atoms with E-state index in [4.69, 9.17) is 5.21 Å². The molecule has 0 aromatic heterocycles. The monoisotopic (exact) mass is 260 g/mol. The highest BCUT2D eigenvalue weighted by Crippen LogP contribution is 2.11. The van der Waals surface area contributed by atoms with E-state index in [1.165, 1.54) is 11.1 Å². The molecule has 0 radical (unpaired) electrons. The zero-order valence-electron chi connectivity index (χ0n) is 11.3. The number of carbonyl (C=O) groups excluding carboxylic acids is 1. The van der Waals surface area contributed by atoms with Crippen LogP contribution in [-0.4, -0.2) is 34.8 Å². The van der Waals surface area contributed by atoms with Crippen molar-refractivity contribution in [1.82, 2.24) is 4.90 Å². The molecule has 0 saturated carbocycles. The quantitative estimate of drug-likeness (QED) is 0.670. The first-order valence-corrected chi connectivity index (χ1v) is 6.72. The molecule has 1 N–H and O–H groups in total. The number of rotatable bonds is 3. The van der Waals surface area contributed by atoms with E-state index in [-0.39, 0.29) is 5.91 Å². The number of amides is 1. The summed E-state index contributed by atoms with van der Waals surface area (Å²) in [5.41, 5.74) is 3.23. The van der Waals surface area contributed by atoms with Crippen molar-refractivity contribution >= 4 is 11.6 Å². The molecule has 0 aliphatic carbocycles. The van der Waals surface area contributed by atoms with Crippen molar-refractivity contribution in [3.05, 3.63) is 35.4 Å². The standard InChI is InChI=1S/C15H20N2O2/c1-12-2-4-13(5-3-12)6-7-15(18)17-10-8-14(16-19)9-11-17/h2-5,19H,6-11H2,1H3. The second kappa shape index (κ2) is 6.36. The first-order chi connectivity index (χ1) is 9.19. The average Bonchev–Trinajstić information content (AvgIpc) is 2.46. The van der Waals surface area contributed by atoms with Crippen molar-refractivity contribution < 1.29 is 10.0 Å². The number of hydrogen-bond acceptors (Lipinski definition) is 3. The minimum absolute atomic E-state index is 0.192. The lowest BCUT2D eigenvalue weighted by Crippen LogP contribution is -2.38. The van der Waals surface area contributed by atoms with Gasteiger partial charge >= 0.3 is 0 Å². The number of piperidine rings is 1. The van der Waals surface area contributed by atoms with Gasteiger partial charge in [0.2, 0.25) is 5.91 Å². The van der Waals surface area contributed by atoms with Crippen LogP contribution in [0, 0.1) is 6.92 Å². The van der Waals surface area contributed by atoms with Crippen LogP contribution in [0.4, 0.5) is 0 Å². The summed E-state index contributed by atoms with van der Waals surface area (Å²) in [6, 6.07) is 8.31. The summed E-state index contributed by atoms with van der Waals surface area (Å²) in [6.45, 7) is 3.40. The van der Waals surface area contributed by atoms with Crippen molar-refractivity contribution in [1.29, 1.82) is 0 Å². The van der Waals surface area contributed by atoms with Crippen LogP contribution in [0.15, 0.2) is 29.4 Å². The first-order valence-electron chi connectivity index (χ1n) is 6.72. The topological polar surface area (TPSA) is 52.9 Å². The van der Waals surface area contributed by atoms with E-state index in [9.17, 15) is 4.79 Å². The number of carbonyl (C=O) groups is 1. The Labute approximate surface area is 113 Å². The molecule has 0 unspecified atom stereocenters. The van der Waals surface area contributed by atoms with Crippen LogP contribution in [0.1, 0.15) is 30.4 Å². The Bertz CT molecular complexity index is 456. The van der Waals surface area contributed by atoms with Gasteiger partial charge in [-0.15, -0.1) is 0 Å². The average molecular weight is 260 g/mol. The molecule has 1 fully saturated rings. The predicted molar refractivity (Wildman–Crippen MR) is 74.5 cm³/mol. The summed E-state index contributed by atoms with van der Waals surface area (Å²) >= 11 is 0. The lowest BCUT2D eigenvalue weighted by molar-refractivity contribution is -0.131. The van der Waals surface area contributed by atoms with Gasteiger partial charge in [0.25, 0.3) is 0 Å². The minimum Gasteiger partial charge on any atom is -0.411 e. The van der Waals surface area contributed by atoms with Crippen LogP contribution in [0.3, 0.4) is 0 Å². The van der Waals surface area contributed by atoms with E-state index >= 15 is 0 Å². The third kappa shape index (κ3) is 3.81. The molecule has 19 heavy (non-hydrogen) atoms. The van der Waals surface area contributed by atoms with Crippen molar-refractivity contribution in [2.45, 2.75) is 32.6 Å². The van der Waals surface area contributed by atoms with Gasteiger partial charge in [0.05, 0.1) is 5.71 Å². The van der Waals surface area contributed by atoms with Crippen LogP contribution in [0.2, 0.25) is 0 Å². The highest BCUT2D eigenvalue weighted by atomic mass is 16.4. The molecule has 0 bridgehead atoms. The third-order valence-corrected chi connectivity index (χ3v) is 3.58. The Morgan fingerprint density at radius 1 is 1.26 bits per heavy atom. The van der Waals surface area contributed by atoms with Crippen molar-refractivity contribution in [2.75, 3.05) is 13.1 Å². The molecular weight excluding hydrogens is 240 g/mol. The molecule has 1 amide bonds. The Kier molecular flexibility index (Phi) is 4.55. The zero-order valence-corrected chi connectivity index (χ0v) is 11.3. The zero-order chi connectivity index (χ0) is 13.7. The van der Waals surface area contributed by atoms with Gasteiger partial charge in [0.15, 0.2) is 0 Å². The first kappa shape index (κ1) is 13.6. The predicted octanol–water partition coefficient (Wildman–Crippen LogP) is 2.38. The van der Waals surface area contributed by atoms with Crippen molar-refractivity contribution in [3.63, 3.8) is 0 Å².